The third-order valence-electron chi connectivity index (χ3n) is 8.36. The van der Waals surface area contributed by atoms with Gasteiger partial charge in [-0.1, -0.05) is 60.7 Å². The molecule has 2 saturated heterocycles. The largest absolute Gasteiger partial charge is 0.481 e. The summed E-state index contributed by atoms with van der Waals surface area (Å²) in [4.78, 5) is 29.7. The maximum absolute atomic E-state index is 13.3. The molecule has 1 aromatic heterocycles. The summed E-state index contributed by atoms with van der Waals surface area (Å²) in [6.45, 7) is 3.52. The van der Waals surface area contributed by atoms with Crippen molar-refractivity contribution in [3.63, 3.8) is 0 Å². The molecule has 3 heterocycles. The van der Waals surface area contributed by atoms with E-state index in [4.69, 9.17) is 14.2 Å². The Kier molecular flexibility index (Phi) is 10.5. The molecule has 0 saturated carbocycles. The van der Waals surface area contributed by atoms with E-state index in [1.165, 1.54) is 7.11 Å². The molecular weight excluding hydrogens is 601 g/mol. The number of fused-ring (bicyclic) bond motifs is 1. The molecule has 1 unspecified atom stereocenters. The number of amides is 2. The van der Waals surface area contributed by atoms with Crippen molar-refractivity contribution in [3.8, 4) is 17.8 Å². The van der Waals surface area contributed by atoms with Crippen LogP contribution >= 0.6 is 0 Å². The first-order chi connectivity index (χ1) is 22.1. The first kappa shape index (κ1) is 33.3. The second-order valence-electron chi connectivity index (χ2n) is 11.7. The third kappa shape index (κ3) is 7.81. The van der Waals surface area contributed by atoms with Crippen LogP contribution in [-0.4, -0.2) is 121 Å². The van der Waals surface area contributed by atoms with Gasteiger partial charge >= 0.3 is 18.2 Å². The Balaban J connectivity index is 1.54. The average Bonchev–Trinajstić information content (AvgIpc) is 3.04. The molecule has 0 bridgehead atoms. The standard InChI is InChI=1S/C33H41F3N6O4/c1-5-45-31-37-29(44-4)26(30(38-31)46-22-33(34,35)36)20-40-18-25-19-41(32(43)39(2)3)16-17-42(25)27(21-40)28(23-12-8-6-9-13-23)24-14-10-7-11-15-24/h6-15,25,27-28H,5,16-22H2,1-4H3/t25-,27?/m1/s1. The second-order valence-corrected chi connectivity index (χ2v) is 11.7. The van der Waals surface area contributed by atoms with Crippen LogP contribution in [0.3, 0.4) is 0 Å². The Labute approximate surface area is 267 Å². The van der Waals surface area contributed by atoms with Crippen molar-refractivity contribution in [2.24, 2.45) is 0 Å². The van der Waals surface area contributed by atoms with Crippen molar-refractivity contribution in [2.45, 2.75) is 37.6 Å². The summed E-state index contributed by atoms with van der Waals surface area (Å²) in [7, 11) is 4.89. The van der Waals surface area contributed by atoms with E-state index in [1.807, 2.05) is 41.3 Å². The van der Waals surface area contributed by atoms with E-state index in [1.54, 1.807) is 25.9 Å². The molecule has 2 amide bonds. The molecule has 0 spiro atoms. The van der Waals surface area contributed by atoms with Crippen molar-refractivity contribution >= 4 is 6.03 Å². The summed E-state index contributed by atoms with van der Waals surface area (Å²) in [5.74, 6) is -0.157. The number of ether oxygens (including phenoxy) is 3. The third-order valence-corrected chi connectivity index (χ3v) is 8.36. The van der Waals surface area contributed by atoms with Crippen molar-refractivity contribution in [1.29, 1.82) is 0 Å². The van der Waals surface area contributed by atoms with Gasteiger partial charge in [0.15, 0.2) is 6.61 Å². The van der Waals surface area contributed by atoms with E-state index < -0.39 is 12.8 Å². The molecule has 5 rings (SSSR count). The Morgan fingerprint density at radius 1 is 0.935 bits per heavy atom. The zero-order valence-electron chi connectivity index (χ0n) is 26.6. The van der Waals surface area contributed by atoms with Crippen LogP contribution in [0.15, 0.2) is 60.7 Å². The molecule has 2 aliphatic heterocycles. The maximum atomic E-state index is 13.3. The van der Waals surface area contributed by atoms with Crippen molar-refractivity contribution < 1.29 is 32.2 Å². The van der Waals surface area contributed by atoms with Gasteiger partial charge < -0.3 is 24.0 Å². The number of methoxy groups -OCH3 is 1. The first-order valence-corrected chi connectivity index (χ1v) is 15.4. The van der Waals surface area contributed by atoms with Gasteiger partial charge in [0.25, 0.3) is 0 Å². The normalized spacial score (nSPS) is 19.1. The lowest BCUT2D eigenvalue weighted by Gasteiger charge is -2.53. The van der Waals surface area contributed by atoms with Crippen LogP contribution in [0, 0.1) is 0 Å². The number of aromatic nitrogens is 2. The fraction of sp³-hybridized carbons (Fsp3) is 0.485. The molecule has 0 N–H and O–H groups in total. The van der Waals surface area contributed by atoms with E-state index >= 15 is 0 Å². The van der Waals surface area contributed by atoms with Gasteiger partial charge in [0.2, 0.25) is 11.8 Å². The molecule has 0 radical (unpaired) electrons. The SMILES string of the molecule is CCOc1nc(OC)c(CN2CC(C(c3ccccc3)c3ccccc3)N3CCN(C(=O)N(C)C)C[C@H]3C2)c(OCC(F)(F)F)n1. The van der Waals surface area contributed by atoms with Gasteiger partial charge in [0.05, 0.1) is 19.3 Å². The van der Waals surface area contributed by atoms with Gasteiger partial charge in [0, 0.05) is 71.4 Å². The predicted molar refractivity (Wildman–Crippen MR) is 166 cm³/mol. The number of benzene rings is 2. The van der Waals surface area contributed by atoms with E-state index in [2.05, 4.69) is 44.0 Å². The molecule has 2 atom stereocenters. The van der Waals surface area contributed by atoms with Gasteiger partial charge in [-0.3, -0.25) is 9.80 Å². The molecular formula is C33H41F3N6O4. The lowest BCUT2D eigenvalue weighted by atomic mass is 9.81. The second kappa shape index (κ2) is 14.5. The number of nitrogens with zero attached hydrogens (tertiary/aromatic N) is 6. The summed E-state index contributed by atoms with van der Waals surface area (Å²) < 4.78 is 56.1. The molecule has 46 heavy (non-hydrogen) atoms. The Hall–Kier alpha value is -4.10. The number of urea groups is 1. The van der Waals surface area contributed by atoms with Crippen molar-refractivity contribution in [1.82, 2.24) is 29.6 Å². The Morgan fingerprint density at radius 3 is 2.13 bits per heavy atom. The molecule has 3 aromatic rings. The molecule has 0 aliphatic carbocycles. The van der Waals surface area contributed by atoms with Crippen LogP contribution < -0.4 is 14.2 Å². The van der Waals surface area contributed by atoms with E-state index in [0.717, 1.165) is 11.1 Å². The number of halogens is 3. The van der Waals surface area contributed by atoms with Crippen LogP contribution in [-0.2, 0) is 6.54 Å². The highest BCUT2D eigenvalue weighted by Gasteiger charge is 2.43. The van der Waals surface area contributed by atoms with Crippen LogP contribution in [0.25, 0.3) is 0 Å². The highest BCUT2D eigenvalue weighted by atomic mass is 19.4. The number of piperazine rings is 2. The number of alkyl halides is 3. The van der Waals surface area contributed by atoms with Gasteiger partial charge in [-0.25, -0.2) is 4.79 Å². The highest BCUT2D eigenvalue weighted by molar-refractivity contribution is 5.74. The molecule has 248 valence electrons. The number of carbonyl (C=O) groups excluding carboxylic acids is 1. The summed E-state index contributed by atoms with van der Waals surface area (Å²) >= 11 is 0. The minimum absolute atomic E-state index is 0.0109. The quantitative estimate of drug-likeness (QED) is 0.320. The predicted octanol–water partition coefficient (Wildman–Crippen LogP) is 4.51. The van der Waals surface area contributed by atoms with Gasteiger partial charge in [-0.15, -0.1) is 0 Å². The van der Waals surface area contributed by atoms with E-state index in [0.29, 0.717) is 38.3 Å². The molecule has 2 aliphatic rings. The van der Waals surface area contributed by atoms with Crippen molar-refractivity contribution in [3.05, 3.63) is 77.4 Å². The molecule has 10 nitrogen and oxygen atoms in total. The highest BCUT2D eigenvalue weighted by Crippen LogP contribution is 2.38. The van der Waals surface area contributed by atoms with Crippen LogP contribution in [0.1, 0.15) is 29.5 Å². The summed E-state index contributed by atoms with van der Waals surface area (Å²) in [5.41, 5.74) is 2.61. The van der Waals surface area contributed by atoms with E-state index in [-0.39, 0.29) is 55.0 Å². The molecule has 2 aromatic carbocycles. The van der Waals surface area contributed by atoms with Gasteiger partial charge in [0.1, 0.15) is 0 Å². The fourth-order valence-corrected chi connectivity index (χ4v) is 6.47. The van der Waals surface area contributed by atoms with Crippen molar-refractivity contribution in [2.75, 3.05) is 67.1 Å². The Bertz CT molecular complexity index is 1410. The first-order valence-electron chi connectivity index (χ1n) is 15.4. The summed E-state index contributed by atoms with van der Waals surface area (Å²) in [5, 5.41) is 0. The number of carbonyl (C=O) groups is 1. The smallest absolute Gasteiger partial charge is 0.422 e. The zero-order chi connectivity index (χ0) is 32.8. The monoisotopic (exact) mass is 642 g/mol. The van der Waals surface area contributed by atoms with Gasteiger partial charge in [-0.2, -0.15) is 23.1 Å². The molecule has 13 heteroatoms. The Morgan fingerprint density at radius 2 is 1.57 bits per heavy atom. The van der Waals surface area contributed by atoms with Gasteiger partial charge in [-0.05, 0) is 18.1 Å². The van der Waals surface area contributed by atoms with Crippen LogP contribution in [0.4, 0.5) is 18.0 Å². The zero-order valence-corrected chi connectivity index (χ0v) is 26.6. The summed E-state index contributed by atoms with van der Waals surface area (Å²) in [6.07, 6.45) is -4.57. The minimum Gasteiger partial charge on any atom is -0.481 e. The summed E-state index contributed by atoms with van der Waals surface area (Å²) in [6, 6.07) is 20.4. The number of hydrogen-bond donors (Lipinski definition) is 0. The lowest BCUT2D eigenvalue weighted by molar-refractivity contribution is -0.154. The number of rotatable bonds is 10. The molecule has 2 fully saturated rings. The van der Waals surface area contributed by atoms with Crippen LogP contribution in [0.2, 0.25) is 0 Å². The van der Waals surface area contributed by atoms with Crippen LogP contribution in [0.5, 0.6) is 17.8 Å². The van der Waals surface area contributed by atoms with E-state index in [9.17, 15) is 18.0 Å². The lowest BCUT2D eigenvalue weighted by Crippen LogP contribution is -2.67. The fourth-order valence-electron chi connectivity index (χ4n) is 6.47. The topological polar surface area (TPSA) is 83.5 Å². The number of hydrogen-bond acceptors (Lipinski definition) is 8. The average molecular weight is 643 g/mol. The maximum Gasteiger partial charge on any atom is 0.422 e. The minimum atomic E-state index is -4.57.